The predicted octanol–water partition coefficient (Wildman–Crippen LogP) is 3.64. The van der Waals surface area contributed by atoms with Gasteiger partial charge in [0.25, 0.3) is 0 Å². The van der Waals surface area contributed by atoms with Crippen LogP contribution >= 0.6 is 15.9 Å². The van der Waals surface area contributed by atoms with Gasteiger partial charge in [-0.15, -0.1) is 0 Å². The lowest BCUT2D eigenvalue weighted by Crippen LogP contribution is -2.10. The Labute approximate surface area is 105 Å². The van der Waals surface area contributed by atoms with E-state index in [1.807, 2.05) is 19.1 Å². The van der Waals surface area contributed by atoms with E-state index in [9.17, 15) is 4.79 Å². The monoisotopic (exact) mass is 284 g/mol. The molecule has 0 amide bonds. The van der Waals surface area contributed by atoms with Crippen molar-refractivity contribution in [2.45, 2.75) is 31.5 Å². The third kappa shape index (κ3) is 3.63. The molecule has 88 valence electrons. The molecule has 1 atom stereocenters. The van der Waals surface area contributed by atoms with E-state index in [-0.39, 0.29) is 10.8 Å². The number of halogens is 1. The van der Waals surface area contributed by atoms with Crippen LogP contribution in [-0.2, 0) is 16.0 Å². The summed E-state index contributed by atoms with van der Waals surface area (Å²) in [5.74, 6) is -0.226. The first-order valence-corrected chi connectivity index (χ1v) is 6.50. The van der Waals surface area contributed by atoms with Gasteiger partial charge < -0.3 is 4.74 Å². The SMILES string of the molecule is CCCc1cccc(C(Br)C(=O)OCC)c1. The number of esters is 1. The molecule has 16 heavy (non-hydrogen) atoms. The first-order valence-electron chi connectivity index (χ1n) is 5.58. The van der Waals surface area contributed by atoms with E-state index >= 15 is 0 Å². The summed E-state index contributed by atoms with van der Waals surface area (Å²) in [6.07, 6.45) is 2.15. The van der Waals surface area contributed by atoms with Crippen molar-refractivity contribution in [2.75, 3.05) is 6.61 Å². The number of aryl methyl sites for hydroxylation is 1. The van der Waals surface area contributed by atoms with Crippen molar-refractivity contribution < 1.29 is 9.53 Å². The second-order valence-corrected chi connectivity index (χ2v) is 4.53. The number of benzene rings is 1. The minimum atomic E-state index is -0.357. The molecule has 0 aliphatic carbocycles. The van der Waals surface area contributed by atoms with E-state index in [0.717, 1.165) is 18.4 Å². The molecule has 2 nitrogen and oxygen atoms in total. The molecule has 0 saturated heterocycles. The summed E-state index contributed by atoms with van der Waals surface area (Å²) in [4.78, 5) is 11.2. The summed E-state index contributed by atoms with van der Waals surface area (Å²) in [6.45, 7) is 4.37. The highest BCUT2D eigenvalue weighted by Crippen LogP contribution is 2.25. The molecule has 0 N–H and O–H groups in total. The van der Waals surface area contributed by atoms with Gasteiger partial charge in [0.15, 0.2) is 0 Å². The van der Waals surface area contributed by atoms with Crippen LogP contribution in [0.4, 0.5) is 0 Å². The Bertz CT molecular complexity index is 350. The molecule has 1 aromatic carbocycles. The van der Waals surface area contributed by atoms with Crippen LogP contribution in [0.15, 0.2) is 24.3 Å². The largest absolute Gasteiger partial charge is 0.465 e. The minimum absolute atomic E-state index is 0.226. The molecule has 0 radical (unpaired) electrons. The van der Waals surface area contributed by atoms with E-state index in [0.29, 0.717) is 6.61 Å². The number of alkyl halides is 1. The molecule has 3 heteroatoms. The maximum atomic E-state index is 11.5. The highest BCUT2D eigenvalue weighted by Gasteiger charge is 2.18. The Morgan fingerprint density at radius 1 is 1.44 bits per heavy atom. The normalized spacial score (nSPS) is 12.2. The molecule has 0 aliphatic rings. The van der Waals surface area contributed by atoms with E-state index in [1.165, 1.54) is 5.56 Å². The number of hydrogen-bond donors (Lipinski definition) is 0. The van der Waals surface area contributed by atoms with Crippen LogP contribution in [-0.4, -0.2) is 12.6 Å². The molecular formula is C13H17BrO2. The molecule has 0 heterocycles. The molecule has 1 aromatic rings. The fourth-order valence-corrected chi connectivity index (χ4v) is 1.96. The molecule has 0 spiro atoms. The zero-order chi connectivity index (χ0) is 12.0. The van der Waals surface area contributed by atoms with Gasteiger partial charge in [-0.2, -0.15) is 0 Å². The first kappa shape index (κ1) is 13.2. The Kier molecular flexibility index (Phi) is 5.53. The predicted molar refractivity (Wildman–Crippen MR) is 68.7 cm³/mol. The van der Waals surface area contributed by atoms with Crippen LogP contribution in [0.5, 0.6) is 0 Å². The number of ether oxygens (including phenoxy) is 1. The van der Waals surface area contributed by atoms with Crippen LogP contribution < -0.4 is 0 Å². The van der Waals surface area contributed by atoms with Crippen molar-refractivity contribution in [3.8, 4) is 0 Å². The van der Waals surface area contributed by atoms with Crippen molar-refractivity contribution in [3.05, 3.63) is 35.4 Å². The summed E-state index contributed by atoms with van der Waals surface area (Å²) in [7, 11) is 0. The lowest BCUT2D eigenvalue weighted by Gasteiger charge is -2.10. The van der Waals surface area contributed by atoms with Gasteiger partial charge in [0.2, 0.25) is 0 Å². The third-order valence-electron chi connectivity index (χ3n) is 2.28. The zero-order valence-corrected chi connectivity index (χ0v) is 11.3. The molecule has 0 bridgehead atoms. The van der Waals surface area contributed by atoms with Crippen molar-refractivity contribution >= 4 is 21.9 Å². The number of hydrogen-bond acceptors (Lipinski definition) is 2. The fourth-order valence-electron chi connectivity index (χ4n) is 1.55. The first-order chi connectivity index (χ1) is 7.69. The average molecular weight is 285 g/mol. The van der Waals surface area contributed by atoms with Crippen LogP contribution in [0.25, 0.3) is 0 Å². The van der Waals surface area contributed by atoms with E-state index in [1.54, 1.807) is 0 Å². The van der Waals surface area contributed by atoms with Gasteiger partial charge >= 0.3 is 5.97 Å². The van der Waals surface area contributed by atoms with Gasteiger partial charge in [-0.25, -0.2) is 0 Å². The lowest BCUT2D eigenvalue weighted by molar-refractivity contribution is -0.142. The number of carbonyl (C=O) groups excluding carboxylic acids is 1. The molecular weight excluding hydrogens is 268 g/mol. The fraction of sp³-hybridized carbons (Fsp3) is 0.462. The topological polar surface area (TPSA) is 26.3 Å². The minimum Gasteiger partial charge on any atom is -0.465 e. The smallest absolute Gasteiger partial charge is 0.324 e. The third-order valence-corrected chi connectivity index (χ3v) is 3.18. The van der Waals surface area contributed by atoms with Gasteiger partial charge in [-0.1, -0.05) is 53.5 Å². The van der Waals surface area contributed by atoms with E-state index in [4.69, 9.17) is 4.74 Å². The van der Waals surface area contributed by atoms with Crippen LogP contribution in [0.2, 0.25) is 0 Å². The highest BCUT2D eigenvalue weighted by molar-refractivity contribution is 9.09. The van der Waals surface area contributed by atoms with Crippen molar-refractivity contribution in [2.24, 2.45) is 0 Å². The highest BCUT2D eigenvalue weighted by atomic mass is 79.9. The van der Waals surface area contributed by atoms with Gasteiger partial charge in [0, 0.05) is 0 Å². The van der Waals surface area contributed by atoms with E-state index < -0.39 is 0 Å². The average Bonchev–Trinajstić information content (AvgIpc) is 2.29. The van der Waals surface area contributed by atoms with Gasteiger partial charge in [-0.05, 0) is 24.5 Å². The van der Waals surface area contributed by atoms with Crippen LogP contribution in [0, 0.1) is 0 Å². The Hall–Kier alpha value is -0.830. The Morgan fingerprint density at radius 3 is 2.81 bits per heavy atom. The van der Waals surface area contributed by atoms with Gasteiger partial charge in [-0.3, -0.25) is 4.79 Å². The lowest BCUT2D eigenvalue weighted by atomic mass is 10.1. The molecule has 1 unspecified atom stereocenters. The standard InChI is InChI=1S/C13H17BrO2/c1-3-6-10-7-5-8-11(9-10)12(14)13(15)16-4-2/h5,7-9,12H,3-4,6H2,1-2H3. The molecule has 0 fully saturated rings. The summed E-state index contributed by atoms with van der Waals surface area (Å²) in [5.41, 5.74) is 2.22. The second-order valence-electron chi connectivity index (χ2n) is 3.61. The Balaban J connectivity index is 2.78. The summed E-state index contributed by atoms with van der Waals surface area (Å²) in [5, 5.41) is 0. The van der Waals surface area contributed by atoms with Crippen LogP contribution in [0.1, 0.15) is 36.2 Å². The maximum absolute atomic E-state index is 11.5. The van der Waals surface area contributed by atoms with Crippen molar-refractivity contribution in [1.82, 2.24) is 0 Å². The maximum Gasteiger partial charge on any atom is 0.324 e. The summed E-state index contributed by atoms with van der Waals surface area (Å²) >= 11 is 3.36. The molecule has 0 aliphatic heterocycles. The van der Waals surface area contributed by atoms with Gasteiger partial charge in [0.1, 0.15) is 4.83 Å². The number of rotatable bonds is 5. The summed E-state index contributed by atoms with van der Waals surface area (Å²) in [6, 6.07) is 8.06. The number of carbonyl (C=O) groups is 1. The van der Waals surface area contributed by atoms with Crippen LogP contribution in [0.3, 0.4) is 0 Å². The molecule has 0 aromatic heterocycles. The van der Waals surface area contributed by atoms with Gasteiger partial charge in [0.05, 0.1) is 6.61 Å². The van der Waals surface area contributed by atoms with Crippen molar-refractivity contribution in [3.63, 3.8) is 0 Å². The second kappa shape index (κ2) is 6.69. The van der Waals surface area contributed by atoms with E-state index in [2.05, 4.69) is 35.0 Å². The zero-order valence-electron chi connectivity index (χ0n) is 9.70. The Morgan fingerprint density at radius 2 is 2.19 bits per heavy atom. The van der Waals surface area contributed by atoms with Crippen molar-refractivity contribution in [1.29, 1.82) is 0 Å². The molecule has 1 rings (SSSR count). The summed E-state index contributed by atoms with van der Waals surface area (Å²) < 4.78 is 4.97. The molecule has 0 saturated carbocycles. The quantitative estimate of drug-likeness (QED) is 0.610.